The minimum atomic E-state index is -0.451. The molecule has 2 aromatic rings. The molecule has 0 bridgehead atoms. The van der Waals surface area contributed by atoms with Crippen molar-refractivity contribution in [3.63, 3.8) is 0 Å². The van der Waals surface area contributed by atoms with Gasteiger partial charge in [-0.1, -0.05) is 18.9 Å². The number of hydrogen-bond donors (Lipinski definition) is 4. The molecule has 0 saturated heterocycles. The summed E-state index contributed by atoms with van der Waals surface area (Å²) in [7, 11) is 0. The normalized spacial score (nSPS) is 21.4. The monoisotopic (exact) mass is 395 g/mol. The summed E-state index contributed by atoms with van der Waals surface area (Å²) >= 11 is 0. The number of nitrogens with zero attached hydrogens (tertiary/aromatic N) is 2. The molecule has 1 heterocycles. The number of nitrogens with one attached hydrogen (secondary N) is 3. The molecule has 2 atom stereocenters. The highest BCUT2D eigenvalue weighted by Crippen LogP contribution is 2.23. The van der Waals surface area contributed by atoms with Crippen molar-refractivity contribution in [1.82, 2.24) is 15.3 Å². The minimum Gasteiger partial charge on any atom is -0.391 e. The lowest BCUT2D eigenvalue weighted by Crippen LogP contribution is -2.45. The Labute approximate surface area is 171 Å². The molecule has 2 aliphatic carbocycles. The number of rotatable bonds is 7. The van der Waals surface area contributed by atoms with Gasteiger partial charge in [-0.15, -0.1) is 0 Å². The number of hydrogen-bond acceptors (Lipinski definition) is 6. The van der Waals surface area contributed by atoms with Crippen LogP contribution in [-0.4, -0.2) is 39.2 Å². The Kier molecular flexibility index (Phi) is 5.94. The summed E-state index contributed by atoms with van der Waals surface area (Å²) < 4.78 is 0. The molecule has 1 aromatic heterocycles. The Hall–Kier alpha value is -2.67. The summed E-state index contributed by atoms with van der Waals surface area (Å²) in [4.78, 5) is 21.4. The fourth-order valence-electron chi connectivity index (χ4n) is 3.61. The molecule has 29 heavy (non-hydrogen) atoms. The van der Waals surface area contributed by atoms with Gasteiger partial charge in [-0.3, -0.25) is 4.79 Å². The molecule has 0 unspecified atom stereocenters. The van der Waals surface area contributed by atoms with Gasteiger partial charge >= 0.3 is 0 Å². The van der Waals surface area contributed by atoms with Crippen LogP contribution in [0.25, 0.3) is 0 Å². The highest BCUT2D eigenvalue weighted by Gasteiger charge is 2.25. The van der Waals surface area contributed by atoms with Gasteiger partial charge in [0.1, 0.15) is 0 Å². The fourth-order valence-corrected chi connectivity index (χ4v) is 3.61. The zero-order valence-corrected chi connectivity index (χ0v) is 16.8. The van der Waals surface area contributed by atoms with E-state index in [9.17, 15) is 9.90 Å². The quantitative estimate of drug-likeness (QED) is 0.575. The Bertz CT molecular complexity index is 851. The first-order chi connectivity index (χ1) is 14.1. The van der Waals surface area contributed by atoms with Crippen LogP contribution in [-0.2, 0) is 6.54 Å². The van der Waals surface area contributed by atoms with Crippen molar-refractivity contribution in [2.24, 2.45) is 0 Å². The minimum absolute atomic E-state index is 0.141. The van der Waals surface area contributed by atoms with Crippen LogP contribution in [0, 0.1) is 6.92 Å². The molecule has 4 N–H and O–H groups in total. The summed E-state index contributed by atoms with van der Waals surface area (Å²) in [6.07, 6.45) is 9.21. The fraction of sp³-hybridized carbons (Fsp3) is 0.500. The molecule has 0 spiro atoms. The Morgan fingerprint density at radius 2 is 1.90 bits per heavy atom. The topological polar surface area (TPSA) is 99.2 Å². The van der Waals surface area contributed by atoms with Gasteiger partial charge < -0.3 is 21.1 Å². The van der Waals surface area contributed by atoms with E-state index in [0.717, 1.165) is 42.5 Å². The predicted molar refractivity (Wildman–Crippen MR) is 113 cm³/mol. The van der Waals surface area contributed by atoms with E-state index in [0.29, 0.717) is 24.1 Å². The summed E-state index contributed by atoms with van der Waals surface area (Å²) in [5.41, 5.74) is 3.54. The average molecular weight is 396 g/mol. The van der Waals surface area contributed by atoms with E-state index in [-0.39, 0.29) is 11.9 Å². The average Bonchev–Trinajstić information content (AvgIpc) is 3.54. The third-order valence-corrected chi connectivity index (χ3v) is 5.64. The molecular formula is C22H29N5O2. The highest BCUT2D eigenvalue weighted by atomic mass is 16.3. The van der Waals surface area contributed by atoms with Crippen molar-refractivity contribution in [3.8, 4) is 0 Å². The van der Waals surface area contributed by atoms with Gasteiger partial charge in [0.05, 0.1) is 12.1 Å². The molecule has 2 fully saturated rings. The van der Waals surface area contributed by atoms with Crippen molar-refractivity contribution >= 4 is 17.5 Å². The van der Waals surface area contributed by atoms with Crippen LogP contribution in [0.15, 0.2) is 30.6 Å². The van der Waals surface area contributed by atoms with E-state index in [4.69, 9.17) is 0 Å². The first-order valence-electron chi connectivity index (χ1n) is 10.5. The van der Waals surface area contributed by atoms with E-state index in [1.54, 1.807) is 0 Å². The van der Waals surface area contributed by atoms with Crippen LogP contribution < -0.4 is 16.0 Å². The number of benzene rings is 1. The third kappa shape index (κ3) is 5.23. The van der Waals surface area contributed by atoms with Crippen molar-refractivity contribution in [2.45, 2.75) is 70.2 Å². The number of carbonyl (C=O) groups excluding carboxylic acids is 1. The van der Waals surface area contributed by atoms with E-state index in [1.165, 1.54) is 12.8 Å². The summed E-state index contributed by atoms with van der Waals surface area (Å²) in [6, 6.07) is 6.00. The van der Waals surface area contributed by atoms with Gasteiger partial charge in [0.25, 0.3) is 5.91 Å². The Morgan fingerprint density at radius 3 is 2.62 bits per heavy atom. The highest BCUT2D eigenvalue weighted by molar-refractivity contribution is 5.95. The lowest BCUT2D eigenvalue weighted by atomic mass is 9.92. The zero-order chi connectivity index (χ0) is 20.2. The van der Waals surface area contributed by atoms with Crippen LogP contribution in [0.2, 0.25) is 0 Å². The number of aliphatic hydroxyl groups is 1. The second-order valence-electron chi connectivity index (χ2n) is 8.15. The molecule has 154 valence electrons. The van der Waals surface area contributed by atoms with Crippen LogP contribution in [0.1, 0.15) is 60.0 Å². The largest absolute Gasteiger partial charge is 0.391 e. The maximum absolute atomic E-state index is 12.6. The Morgan fingerprint density at radius 1 is 1.14 bits per heavy atom. The van der Waals surface area contributed by atoms with Crippen LogP contribution in [0.4, 0.5) is 11.6 Å². The maximum Gasteiger partial charge on any atom is 0.251 e. The molecule has 2 saturated carbocycles. The number of aliphatic hydroxyl groups excluding tert-OH is 1. The number of amides is 1. The summed E-state index contributed by atoms with van der Waals surface area (Å²) in [5.74, 6) is 0.536. The second-order valence-corrected chi connectivity index (χ2v) is 8.15. The molecule has 2 aliphatic rings. The maximum atomic E-state index is 12.6. The van der Waals surface area contributed by atoms with Gasteiger partial charge in [-0.25, -0.2) is 9.97 Å². The van der Waals surface area contributed by atoms with Crippen molar-refractivity contribution < 1.29 is 9.90 Å². The molecule has 1 amide bonds. The van der Waals surface area contributed by atoms with Crippen LogP contribution >= 0.6 is 0 Å². The molecule has 7 nitrogen and oxygen atoms in total. The van der Waals surface area contributed by atoms with E-state index < -0.39 is 6.10 Å². The smallest absolute Gasteiger partial charge is 0.251 e. The van der Waals surface area contributed by atoms with Gasteiger partial charge in [0, 0.05) is 41.8 Å². The lowest BCUT2D eigenvalue weighted by molar-refractivity contribution is 0.0717. The van der Waals surface area contributed by atoms with E-state index in [2.05, 4.69) is 25.9 Å². The summed E-state index contributed by atoms with van der Waals surface area (Å²) in [6.45, 7) is 2.59. The van der Waals surface area contributed by atoms with E-state index >= 15 is 0 Å². The lowest BCUT2D eigenvalue weighted by Gasteiger charge is -2.28. The van der Waals surface area contributed by atoms with Crippen LogP contribution in [0.3, 0.4) is 0 Å². The molecular weight excluding hydrogens is 366 g/mol. The Balaban J connectivity index is 1.36. The van der Waals surface area contributed by atoms with Crippen molar-refractivity contribution in [1.29, 1.82) is 0 Å². The molecule has 0 aliphatic heterocycles. The summed E-state index contributed by atoms with van der Waals surface area (Å²) in [5, 5.41) is 19.7. The van der Waals surface area contributed by atoms with Gasteiger partial charge in [0.2, 0.25) is 5.95 Å². The van der Waals surface area contributed by atoms with Gasteiger partial charge in [0.15, 0.2) is 0 Å². The molecule has 0 radical (unpaired) electrons. The first kappa shape index (κ1) is 19.6. The first-order valence-corrected chi connectivity index (χ1v) is 10.5. The van der Waals surface area contributed by atoms with Crippen molar-refractivity contribution in [2.75, 3.05) is 10.6 Å². The van der Waals surface area contributed by atoms with Crippen LogP contribution in [0.5, 0.6) is 0 Å². The standard InChI is InChI=1S/C22H29N5O2/c1-14-6-7-16(21(29)27-18-4-2-3-5-20(18)28)10-19(14)23-11-15-12-24-22(25-13-15)26-17-8-9-17/h6-7,10,12-13,17-18,20,23,28H,2-5,8-9,11H2,1H3,(H,27,29)(H,24,25,26)/t18-,20-/m0/s1. The van der Waals surface area contributed by atoms with E-state index in [1.807, 2.05) is 37.5 Å². The molecule has 7 heteroatoms. The SMILES string of the molecule is Cc1ccc(C(=O)N[C@H]2CCCC[C@@H]2O)cc1NCc1cnc(NC2CC2)nc1. The third-order valence-electron chi connectivity index (χ3n) is 5.64. The second kappa shape index (κ2) is 8.78. The molecule has 1 aromatic carbocycles. The van der Waals surface area contributed by atoms with Gasteiger partial charge in [-0.05, 0) is 50.3 Å². The number of carbonyl (C=O) groups is 1. The predicted octanol–water partition coefficient (Wildman–Crippen LogP) is 3.00. The van der Waals surface area contributed by atoms with Crippen molar-refractivity contribution in [3.05, 3.63) is 47.3 Å². The number of aromatic nitrogens is 2. The molecule has 4 rings (SSSR count). The number of anilines is 2. The number of aryl methyl sites for hydroxylation is 1. The van der Waals surface area contributed by atoms with Gasteiger partial charge in [-0.2, -0.15) is 0 Å². The zero-order valence-electron chi connectivity index (χ0n) is 16.8.